The van der Waals surface area contributed by atoms with Crippen LogP contribution in [-0.2, 0) is 4.74 Å². The van der Waals surface area contributed by atoms with Gasteiger partial charge in [0, 0.05) is 0 Å². The molecule has 0 aliphatic carbocycles. The topological polar surface area (TPSA) is 9.23 Å². The molecule has 1 aromatic carbocycles. The summed E-state index contributed by atoms with van der Waals surface area (Å²) in [5.41, 5.74) is 0. The first-order chi connectivity index (χ1) is 6.95. The molecule has 0 atom stereocenters. The first-order valence-corrected chi connectivity index (χ1v) is 7.77. The van der Waals surface area contributed by atoms with Gasteiger partial charge in [-0.3, -0.25) is 0 Å². The molecule has 1 nitrogen and oxygen atoms in total. The standard InChI is InChI=1S/C12H16IO/c1-2-4-12(5-3-1)13-10-11-6-8-14-9-7-11/h1-5,11H,6-10H2/q-1. The van der Waals surface area contributed by atoms with Crippen LogP contribution in [0.3, 0.4) is 0 Å². The van der Waals surface area contributed by atoms with Crippen LogP contribution in [0.1, 0.15) is 12.8 Å². The van der Waals surface area contributed by atoms with Crippen LogP contribution in [0.25, 0.3) is 0 Å². The van der Waals surface area contributed by atoms with E-state index in [4.69, 9.17) is 4.74 Å². The summed E-state index contributed by atoms with van der Waals surface area (Å²) in [6.07, 6.45) is 2.57. The molecule has 78 valence electrons. The van der Waals surface area contributed by atoms with Gasteiger partial charge >= 0.3 is 96.2 Å². The van der Waals surface area contributed by atoms with Crippen molar-refractivity contribution in [3.63, 3.8) is 0 Å². The van der Waals surface area contributed by atoms with Gasteiger partial charge in [-0.1, -0.05) is 0 Å². The zero-order valence-electron chi connectivity index (χ0n) is 8.29. The molecule has 1 heterocycles. The van der Waals surface area contributed by atoms with Crippen molar-refractivity contribution in [1.29, 1.82) is 0 Å². The molecule has 1 aromatic rings. The molecule has 0 N–H and O–H groups in total. The van der Waals surface area contributed by atoms with Crippen LogP contribution in [0.15, 0.2) is 30.3 Å². The summed E-state index contributed by atoms with van der Waals surface area (Å²) >= 11 is 0.246. The Labute approximate surface area is 96.1 Å². The quantitative estimate of drug-likeness (QED) is 0.534. The first-order valence-electron chi connectivity index (χ1n) is 5.17. The Kier molecular flexibility index (Phi) is 4.25. The van der Waals surface area contributed by atoms with E-state index in [0.29, 0.717) is 0 Å². The normalized spacial score (nSPS) is 18.6. The monoisotopic (exact) mass is 303 g/mol. The van der Waals surface area contributed by atoms with Crippen molar-refractivity contribution in [2.24, 2.45) is 5.92 Å². The molecule has 1 aliphatic rings. The number of ether oxygens (including phenoxy) is 1. The van der Waals surface area contributed by atoms with Crippen molar-refractivity contribution in [1.82, 2.24) is 0 Å². The van der Waals surface area contributed by atoms with Crippen LogP contribution in [-0.4, -0.2) is 17.6 Å². The van der Waals surface area contributed by atoms with Gasteiger partial charge in [0.25, 0.3) is 0 Å². The zero-order chi connectivity index (χ0) is 9.64. The average molecular weight is 303 g/mol. The number of benzene rings is 1. The fraction of sp³-hybridized carbons (Fsp3) is 0.500. The molecule has 0 radical (unpaired) electrons. The molecule has 0 unspecified atom stereocenters. The van der Waals surface area contributed by atoms with Crippen molar-refractivity contribution < 1.29 is 25.9 Å². The van der Waals surface area contributed by atoms with Crippen LogP contribution in [0.2, 0.25) is 0 Å². The van der Waals surface area contributed by atoms with Crippen LogP contribution in [0.4, 0.5) is 0 Å². The molecular weight excluding hydrogens is 287 g/mol. The molecule has 14 heavy (non-hydrogen) atoms. The van der Waals surface area contributed by atoms with Gasteiger partial charge in [-0.25, -0.2) is 0 Å². The summed E-state index contributed by atoms with van der Waals surface area (Å²) < 4.78 is 8.38. The maximum atomic E-state index is 5.36. The summed E-state index contributed by atoms with van der Waals surface area (Å²) in [5, 5.41) is 0. The molecule has 0 spiro atoms. The molecule has 2 rings (SSSR count). The molecule has 1 aliphatic heterocycles. The van der Waals surface area contributed by atoms with Gasteiger partial charge in [0.2, 0.25) is 0 Å². The van der Waals surface area contributed by atoms with E-state index >= 15 is 0 Å². The third-order valence-electron chi connectivity index (χ3n) is 2.52. The predicted molar refractivity (Wildman–Crippen MR) is 53.5 cm³/mol. The average Bonchev–Trinajstić information content (AvgIpc) is 2.29. The Morgan fingerprint density at radius 1 is 1.14 bits per heavy atom. The number of hydrogen-bond donors (Lipinski definition) is 0. The molecule has 0 aromatic heterocycles. The van der Waals surface area contributed by atoms with Crippen molar-refractivity contribution in [2.75, 3.05) is 17.6 Å². The van der Waals surface area contributed by atoms with Crippen molar-refractivity contribution in [2.45, 2.75) is 12.8 Å². The van der Waals surface area contributed by atoms with Crippen LogP contribution in [0.5, 0.6) is 0 Å². The van der Waals surface area contributed by atoms with E-state index in [1.165, 1.54) is 17.3 Å². The third-order valence-corrected chi connectivity index (χ3v) is 5.81. The van der Waals surface area contributed by atoms with Gasteiger partial charge in [0.1, 0.15) is 0 Å². The van der Waals surface area contributed by atoms with Gasteiger partial charge in [-0.15, -0.1) is 0 Å². The Morgan fingerprint density at radius 3 is 2.57 bits per heavy atom. The molecule has 1 saturated heterocycles. The molecule has 0 bridgehead atoms. The minimum atomic E-state index is 0.246. The Balaban J connectivity index is 1.76. The second kappa shape index (κ2) is 5.71. The van der Waals surface area contributed by atoms with Crippen molar-refractivity contribution >= 4 is 0 Å². The fourth-order valence-corrected chi connectivity index (χ4v) is 4.54. The van der Waals surface area contributed by atoms with Gasteiger partial charge < -0.3 is 0 Å². The van der Waals surface area contributed by atoms with E-state index in [-0.39, 0.29) is 21.2 Å². The van der Waals surface area contributed by atoms with Crippen molar-refractivity contribution in [3.05, 3.63) is 33.9 Å². The summed E-state index contributed by atoms with van der Waals surface area (Å²) in [4.78, 5) is 0. The Hall–Kier alpha value is -0.0900. The van der Waals surface area contributed by atoms with Gasteiger partial charge in [0.15, 0.2) is 0 Å². The van der Waals surface area contributed by atoms with E-state index in [2.05, 4.69) is 30.3 Å². The van der Waals surface area contributed by atoms with E-state index in [1.54, 1.807) is 3.57 Å². The Morgan fingerprint density at radius 2 is 1.86 bits per heavy atom. The Bertz CT molecular complexity index is 254. The second-order valence-corrected chi connectivity index (χ2v) is 6.53. The summed E-state index contributed by atoms with van der Waals surface area (Å²) in [6, 6.07) is 10.9. The zero-order valence-corrected chi connectivity index (χ0v) is 10.4. The van der Waals surface area contributed by atoms with Crippen molar-refractivity contribution in [3.8, 4) is 0 Å². The fourth-order valence-electron chi connectivity index (χ4n) is 1.60. The van der Waals surface area contributed by atoms with E-state index in [0.717, 1.165) is 19.1 Å². The maximum absolute atomic E-state index is 5.36. The minimum absolute atomic E-state index is 0.246. The van der Waals surface area contributed by atoms with Gasteiger partial charge in [-0.2, -0.15) is 0 Å². The SMILES string of the molecule is c1ccc([I-]CC2CCOCC2)cc1. The van der Waals surface area contributed by atoms with Crippen LogP contribution in [0, 0.1) is 9.49 Å². The van der Waals surface area contributed by atoms with Crippen LogP contribution < -0.4 is 21.2 Å². The van der Waals surface area contributed by atoms with Gasteiger partial charge in [0.05, 0.1) is 0 Å². The van der Waals surface area contributed by atoms with Crippen LogP contribution >= 0.6 is 0 Å². The van der Waals surface area contributed by atoms with E-state index in [9.17, 15) is 0 Å². The predicted octanol–water partition coefficient (Wildman–Crippen LogP) is -0.628. The molecular formula is C12H16IO-. The van der Waals surface area contributed by atoms with E-state index in [1.807, 2.05) is 0 Å². The number of alkyl halides is 1. The number of rotatable bonds is 3. The number of hydrogen-bond acceptors (Lipinski definition) is 1. The third kappa shape index (κ3) is 3.24. The van der Waals surface area contributed by atoms with Gasteiger partial charge in [-0.05, 0) is 0 Å². The molecule has 0 saturated carbocycles. The molecule has 0 amide bonds. The molecule has 1 fully saturated rings. The summed E-state index contributed by atoms with van der Waals surface area (Å²) in [7, 11) is 0. The summed E-state index contributed by atoms with van der Waals surface area (Å²) in [5.74, 6) is 0.941. The van der Waals surface area contributed by atoms with E-state index < -0.39 is 0 Å². The molecule has 2 heteroatoms. The summed E-state index contributed by atoms with van der Waals surface area (Å²) in [6.45, 7) is 1.98. The first kappa shape index (κ1) is 10.4. The number of halogens is 1. The second-order valence-electron chi connectivity index (χ2n) is 3.64.